The first-order chi connectivity index (χ1) is 13.0. The van der Waals surface area contributed by atoms with Crippen LogP contribution in [0.15, 0.2) is 12.1 Å². The quantitative estimate of drug-likeness (QED) is 0.611. The number of halogens is 3. The fourth-order valence-corrected chi connectivity index (χ4v) is 4.95. The zero-order valence-corrected chi connectivity index (χ0v) is 15.6. The molecule has 3 atom stereocenters. The summed E-state index contributed by atoms with van der Waals surface area (Å²) in [5.41, 5.74) is 3.56. The maximum Gasteiger partial charge on any atom is 0.394 e. The van der Waals surface area contributed by atoms with Crippen molar-refractivity contribution in [2.75, 3.05) is 10.6 Å². The van der Waals surface area contributed by atoms with E-state index in [1.165, 1.54) is 6.07 Å². The van der Waals surface area contributed by atoms with Crippen LogP contribution in [-0.2, 0) is 0 Å². The standard InChI is InChI=1S/C19H25F3N4O2/c1-10-2-3-11(6-13(10)27)24-16-12(15(23)28)4-5-14(25-16)26-18-7-17(8-18,9-18)19(20,21)22/h4-5,10-11,13,27H,2-3,6-9H2,1H3,(H2,23,28)(H2,24,25,26)/t10-,11-,13-,17?,18?/m1/s1. The molecule has 1 aromatic heterocycles. The van der Waals surface area contributed by atoms with Crippen molar-refractivity contribution in [2.24, 2.45) is 17.1 Å². The predicted octanol–water partition coefficient (Wildman–Crippen LogP) is 3.04. The molecule has 4 fully saturated rings. The first kappa shape index (κ1) is 19.3. The minimum atomic E-state index is -4.16. The Morgan fingerprint density at radius 2 is 1.96 bits per heavy atom. The monoisotopic (exact) mass is 398 g/mol. The van der Waals surface area contributed by atoms with Gasteiger partial charge in [0.2, 0.25) is 0 Å². The lowest BCUT2D eigenvalue weighted by molar-refractivity contribution is -0.327. The molecule has 28 heavy (non-hydrogen) atoms. The van der Waals surface area contributed by atoms with Crippen molar-refractivity contribution >= 4 is 17.5 Å². The molecule has 4 aliphatic carbocycles. The van der Waals surface area contributed by atoms with Gasteiger partial charge in [-0.05, 0) is 56.6 Å². The molecule has 4 saturated carbocycles. The van der Waals surface area contributed by atoms with Gasteiger partial charge >= 0.3 is 6.18 Å². The Morgan fingerprint density at radius 3 is 2.54 bits per heavy atom. The maximum absolute atomic E-state index is 13.0. The molecule has 9 heteroatoms. The van der Waals surface area contributed by atoms with Crippen molar-refractivity contribution in [1.82, 2.24) is 4.98 Å². The number of anilines is 2. The van der Waals surface area contributed by atoms with Gasteiger partial charge in [0.15, 0.2) is 0 Å². The summed E-state index contributed by atoms with van der Waals surface area (Å²) >= 11 is 0. The summed E-state index contributed by atoms with van der Waals surface area (Å²) in [7, 11) is 0. The number of alkyl halides is 3. The summed E-state index contributed by atoms with van der Waals surface area (Å²) in [5.74, 6) is 0.321. The van der Waals surface area contributed by atoms with Gasteiger partial charge in [-0.15, -0.1) is 0 Å². The van der Waals surface area contributed by atoms with Crippen molar-refractivity contribution in [1.29, 1.82) is 0 Å². The van der Waals surface area contributed by atoms with Crippen molar-refractivity contribution in [3.8, 4) is 0 Å². The lowest BCUT2D eigenvalue weighted by Crippen LogP contribution is -2.75. The van der Waals surface area contributed by atoms with Crippen LogP contribution in [0.3, 0.4) is 0 Å². The Hall–Kier alpha value is -2.03. The molecule has 154 valence electrons. The first-order valence-corrected chi connectivity index (χ1v) is 9.63. The van der Waals surface area contributed by atoms with Crippen molar-refractivity contribution in [3.63, 3.8) is 0 Å². The fraction of sp³-hybridized carbons (Fsp3) is 0.684. The van der Waals surface area contributed by atoms with E-state index in [1.807, 2.05) is 6.92 Å². The molecule has 0 saturated heterocycles. The third kappa shape index (κ3) is 3.09. The van der Waals surface area contributed by atoms with Gasteiger partial charge < -0.3 is 21.5 Å². The van der Waals surface area contributed by atoms with Crippen LogP contribution in [0.25, 0.3) is 0 Å². The smallest absolute Gasteiger partial charge is 0.393 e. The number of nitrogens with one attached hydrogen (secondary N) is 2. The van der Waals surface area contributed by atoms with Gasteiger partial charge in [0.25, 0.3) is 5.91 Å². The van der Waals surface area contributed by atoms with E-state index in [0.29, 0.717) is 18.1 Å². The second-order valence-corrected chi connectivity index (χ2v) is 8.87. The Morgan fingerprint density at radius 1 is 1.29 bits per heavy atom. The van der Waals surface area contributed by atoms with Gasteiger partial charge in [0.05, 0.1) is 17.1 Å². The van der Waals surface area contributed by atoms with Gasteiger partial charge in [0.1, 0.15) is 11.6 Å². The van der Waals surface area contributed by atoms with Gasteiger partial charge in [-0.1, -0.05) is 6.92 Å². The van der Waals surface area contributed by atoms with E-state index in [2.05, 4.69) is 15.6 Å². The van der Waals surface area contributed by atoms with Crippen molar-refractivity contribution in [3.05, 3.63) is 17.7 Å². The summed E-state index contributed by atoms with van der Waals surface area (Å²) in [6.45, 7) is 2.00. The van der Waals surface area contributed by atoms with Crippen molar-refractivity contribution in [2.45, 2.75) is 69.3 Å². The fourth-order valence-electron chi connectivity index (χ4n) is 4.95. The number of pyridine rings is 1. The highest BCUT2D eigenvalue weighted by Crippen LogP contribution is 2.74. The molecule has 0 unspecified atom stereocenters. The number of carbonyl (C=O) groups excluding carboxylic acids is 1. The largest absolute Gasteiger partial charge is 0.394 e. The number of amides is 1. The number of carbonyl (C=O) groups is 1. The van der Waals surface area contributed by atoms with E-state index in [1.54, 1.807) is 6.07 Å². The molecule has 0 radical (unpaired) electrons. The summed E-state index contributed by atoms with van der Waals surface area (Å²) in [6, 6.07) is 3.06. The summed E-state index contributed by atoms with van der Waals surface area (Å²) < 4.78 is 39.1. The van der Waals surface area contributed by atoms with Crippen molar-refractivity contribution < 1.29 is 23.1 Å². The number of hydrogen-bond acceptors (Lipinski definition) is 5. The van der Waals surface area contributed by atoms with Crippen LogP contribution < -0.4 is 16.4 Å². The number of nitrogens with two attached hydrogens (primary N) is 1. The number of aliphatic hydroxyl groups is 1. The van der Waals surface area contributed by atoms with Crippen LogP contribution in [0.4, 0.5) is 24.8 Å². The summed E-state index contributed by atoms with van der Waals surface area (Å²) in [6.07, 6.45) is -2.21. The van der Waals surface area contributed by atoms with Gasteiger partial charge in [0, 0.05) is 11.6 Å². The molecule has 5 rings (SSSR count). The van der Waals surface area contributed by atoms with Gasteiger partial charge in [-0.2, -0.15) is 13.2 Å². The second-order valence-electron chi connectivity index (χ2n) is 8.87. The number of aliphatic hydroxyl groups excluding tert-OH is 1. The normalized spacial score (nSPS) is 36.8. The van der Waals surface area contributed by atoms with E-state index in [0.717, 1.165) is 12.8 Å². The summed E-state index contributed by atoms with van der Waals surface area (Å²) in [4.78, 5) is 16.2. The number of aromatic nitrogens is 1. The predicted molar refractivity (Wildman–Crippen MR) is 97.9 cm³/mol. The van der Waals surface area contributed by atoms with E-state index in [-0.39, 0.29) is 36.8 Å². The maximum atomic E-state index is 13.0. The molecule has 1 amide bonds. The molecule has 6 nitrogen and oxygen atoms in total. The third-order valence-electron chi connectivity index (χ3n) is 6.68. The Balaban J connectivity index is 1.47. The number of nitrogens with zero attached hydrogens (tertiary/aromatic N) is 1. The van der Waals surface area contributed by atoms with Crippen LogP contribution in [0.2, 0.25) is 0 Å². The topological polar surface area (TPSA) is 100 Å². The number of primary amides is 1. The first-order valence-electron chi connectivity index (χ1n) is 9.63. The third-order valence-corrected chi connectivity index (χ3v) is 6.68. The highest BCUT2D eigenvalue weighted by atomic mass is 19.4. The molecule has 2 bridgehead atoms. The molecular formula is C19H25F3N4O2. The number of hydrogen-bond donors (Lipinski definition) is 4. The lowest BCUT2D eigenvalue weighted by atomic mass is 9.39. The average molecular weight is 398 g/mol. The Bertz CT molecular complexity index is 778. The highest BCUT2D eigenvalue weighted by Gasteiger charge is 2.78. The lowest BCUT2D eigenvalue weighted by Gasteiger charge is -2.70. The minimum Gasteiger partial charge on any atom is -0.393 e. The molecule has 5 N–H and O–H groups in total. The molecule has 0 aliphatic heterocycles. The molecule has 0 spiro atoms. The molecule has 0 aromatic carbocycles. The van der Waals surface area contributed by atoms with E-state index in [9.17, 15) is 23.1 Å². The SMILES string of the molecule is C[C@@H]1CC[C@@H](Nc2nc(NC34CC(C(F)(F)F)(C3)C4)ccc2C(N)=O)C[C@H]1O. The van der Waals surface area contributed by atoms with E-state index in [4.69, 9.17) is 5.73 Å². The molecule has 4 aliphatic rings. The van der Waals surface area contributed by atoms with E-state index >= 15 is 0 Å². The van der Waals surface area contributed by atoms with Crippen LogP contribution in [0.5, 0.6) is 0 Å². The Labute approximate surface area is 161 Å². The summed E-state index contributed by atoms with van der Waals surface area (Å²) in [5, 5.41) is 16.4. The molecule has 1 aromatic rings. The van der Waals surface area contributed by atoms with Crippen LogP contribution in [-0.4, -0.2) is 39.9 Å². The van der Waals surface area contributed by atoms with Crippen LogP contribution in [0.1, 0.15) is 55.8 Å². The van der Waals surface area contributed by atoms with Gasteiger partial charge in [-0.3, -0.25) is 4.79 Å². The van der Waals surface area contributed by atoms with Crippen LogP contribution >= 0.6 is 0 Å². The average Bonchev–Trinajstić information content (AvgIpc) is 2.51. The molecular weight excluding hydrogens is 373 g/mol. The zero-order chi connectivity index (χ0) is 20.3. The second kappa shape index (κ2) is 6.23. The van der Waals surface area contributed by atoms with E-state index < -0.39 is 29.1 Å². The van der Waals surface area contributed by atoms with Gasteiger partial charge in [-0.25, -0.2) is 4.98 Å². The highest BCUT2D eigenvalue weighted by molar-refractivity contribution is 5.97. The minimum absolute atomic E-state index is 0.0458. The zero-order valence-electron chi connectivity index (χ0n) is 15.6. The number of rotatable bonds is 5. The molecule has 1 heterocycles. The van der Waals surface area contributed by atoms with Crippen LogP contribution in [0, 0.1) is 11.3 Å². The Kier molecular flexibility index (Phi) is 4.30.